The lowest BCUT2D eigenvalue weighted by Crippen LogP contribution is -2.31. The first-order chi connectivity index (χ1) is 8.41. The van der Waals surface area contributed by atoms with E-state index in [0.29, 0.717) is 0 Å². The van der Waals surface area contributed by atoms with Gasteiger partial charge >= 0.3 is 5.82 Å². The number of aliphatic hydroxyl groups excluding tert-OH is 2. The molecule has 1 saturated heterocycles. The molecule has 0 aliphatic carbocycles. The number of aliphatic hydroxyl groups is 2. The van der Waals surface area contributed by atoms with Gasteiger partial charge in [-0.15, -0.1) is 0 Å². The van der Waals surface area contributed by atoms with Crippen molar-refractivity contribution in [2.24, 2.45) is 7.05 Å². The fraction of sp³-hybridized carbons (Fsp3) is 0.500. The van der Waals surface area contributed by atoms with E-state index in [0.717, 1.165) is 0 Å². The van der Waals surface area contributed by atoms with Gasteiger partial charge in [-0.2, -0.15) is 0 Å². The maximum Gasteiger partial charge on any atom is 0.323 e. The van der Waals surface area contributed by atoms with Gasteiger partial charge in [0.25, 0.3) is 5.91 Å². The summed E-state index contributed by atoms with van der Waals surface area (Å²) in [4.78, 5) is 23.4. The van der Waals surface area contributed by atoms with Crippen LogP contribution in [0.15, 0.2) is 12.1 Å². The van der Waals surface area contributed by atoms with E-state index in [2.05, 4.69) is 0 Å². The average Bonchev–Trinajstić information content (AvgIpc) is 2.82. The molecular weight excluding hydrogens is 242 g/mol. The second-order valence-electron chi connectivity index (χ2n) is 4.24. The van der Waals surface area contributed by atoms with Crippen molar-refractivity contribution in [2.45, 2.75) is 12.2 Å². The number of hydrogen-bond acceptors (Lipinski definition) is 5. The van der Waals surface area contributed by atoms with Gasteiger partial charge in [0, 0.05) is 19.2 Å². The molecule has 0 aromatic carbocycles. The fourth-order valence-electron chi connectivity index (χ4n) is 2.00. The van der Waals surface area contributed by atoms with Crippen LogP contribution >= 0.6 is 0 Å². The smallest absolute Gasteiger partial charge is 0.323 e. The monoisotopic (exact) mass is 255 g/mol. The lowest BCUT2D eigenvalue weighted by atomic mass is 10.3. The summed E-state index contributed by atoms with van der Waals surface area (Å²) in [6, 6.07) is 2.60. The molecule has 1 aliphatic rings. The molecule has 98 valence electrons. The predicted molar refractivity (Wildman–Crippen MR) is 60.0 cm³/mol. The van der Waals surface area contributed by atoms with Crippen LogP contribution in [-0.2, 0) is 7.05 Å². The molecule has 1 fully saturated rings. The summed E-state index contributed by atoms with van der Waals surface area (Å²) in [5, 5.41) is 29.4. The van der Waals surface area contributed by atoms with Crippen molar-refractivity contribution in [3.8, 4) is 0 Å². The molecule has 2 N–H and O–H groups in total. The third kappa shape index (κ3) is 1.95. The molecule has 0 radical (unpaired) electrons. The Morgan fingerprint density at radius 3 is 2.39 bits per heavy atom. The quantitative estimate of drug-likeness (QED) is 0.526. The number of rotatable bonds is 2. The summed E-state index contributed by atoms with van der Waals surface area (Å²) in [5.74, 6) is -0.625. The highest BCUT2D eigenvalue weighted by atomic mass is 16.6. The van der Waals surface area contributed by atoms with Crippen molar-refractivity contribution in [3.05, 3.63) is 27.9 Å². The van der Waals surface area contributed by atoms with Crippen molar-refractivity contribution < 1.29 is 19.9 Å². The van der Waals surface area contributed by atoms with E-state index in [4.69, 9.17) is 0 Å². The molecule has 2 heterocycles. The molecule has 0 unspecified atom stereocenters. The minimum Gasteiger partial charge on any atom is -0.388 e. The average molecular weight is 255 g/mol. The van der Waals surface area contributed by atoms with Crippen LogP contribution in [0, 0.1) is 10.1 Å². The number of carbonyl (C=O) groups is 1. The molecule has 8 heteroatoms. The third-order valence-electron chi connectivity index (χ3n) is 3.05. The SMILES string of the molecule is Cn1c(C(=O)N2C[C@@H](O)[C@@H](O)C2)ccc1[N+](=O)[O-]. The normalized spacial score (nSPS) is 23.4. The Hall–Kier alpha value is -1.93. The minimum atomic E-state index is -0.968. The van der Waals surface area contributed by atoms with E-state index in [9.17, 15) is 25.1 Å². The van der Waals surface area contributed by atoms with Gasteiger partial charge < -0.3 is 25.2 Å². The van der Waals surface area contributed by atoms with Crippen LogP contribution in [0.4, 0.5) is 5.82 Å². The zero-order valence-electron chi connectivity index (χ0n) is 9.68. The highest BCUT2D eigenvalue weighted by molar-refractivity contribution is 5.93. The largest absolute Gasteiger partial charge is 0.388 e. The topological polar surface area (TPSA) is 109 Å². The van der Waals surface area contributed by atoms with Crippen LogP contribution in [0.25, 0.3) is 0 Å². The molecule has 18 heavy (non-hydrogen) atoms. The van der Waals surface area contributed by atoms with Crippen LogP contribution in [0.2, 0.25) is 0 Å². The molecule has 2 atom stereocenters. The molecule has 1 aromatic heterocycles. The van der Waals surface area contributed by atoms with Crippen LogP contribution < -0.4 is 0 Å². The Morgan fingerprint density at radius 2 is 1.94 bits per heavy atom. The molecule has 1 aromatic rings. The highest BCUT2D eigenvalue weighted by Gasteiger charge is 2.35. The number of β-amino-alcohol motifs (C(OH)–C–C–N with tert-alkyl or cyclic N) is 2. The Balaban J connectivity index is 2.22. The number of nitrogens with zero attached hydrogens (tertiary/aromatic N) is 3. The van der Waals surface area contributed by atoms with Gasteiger partial charge in [-0.3, -0.25) is 4.79 Å². The molecule has 0 bridgehead atoms. The Bertz CT molecular complexity index is 488. The van der Waals surface area contributed by atoms with Crippen LogP contribution in [0.5, 0.6) is 0 Å². The van der Waals surface area contributed by atoms with Crippen molar-refractivity contribution in [1.29, 1.82) is 0 Å². The molecule has 0 saturated carbocycles. The van der Waals surface area contributed by atoms with E-state index >= 15 is 0 Å². The molecule has 1 amide bonds. The van der Waals surface area contributed by atoms with Crippen molar-refractivity contribution >= 4 is 11.7 Å². The molecule has 8 nitrogen and oxygen atoms in total. The van der Waals surface area contributed by atoms with Crippen LogP contribution in [0.1, 0.15) is 10.5 Å². The van der Waals surface area contributed by atoms with Gasteiger partial charge in [0.2, 0.25) is 0 Å². The number of nitro groups is 1. The zero-order valence-corrected chi connectivity index (χ0v) is 9.68. The third-order valence-corrected chi connectivity index (χ3v) is 3.05. The molecule has 0 spiro atoms. The minimum absolute atomic E-state index is 0.0268. The number of carbonyl (C=O) groups excluding carboxylic acids is 1. The van der Waals surface area contributed by atoms with Crippen molar-refractivity contribution in [3.63, 3.8) is 0 Å². The number of amides is 1. The summed E-state index contributed by atoms with van der Waals surface area (Å²) in [5.41, 5.74) is 0.156. The van der Waals surface area contributed by atoms with E-state index < -0.39 is 23.0 Å². The summed E-state index contributed by atoms with van der Waals surface area (Å²) in [6.07, 6.45) is -1.94. The summed E-state index contributed by atoms with van der Waals surface area (Å²) in [7, 11) is 1.42. The molecular formula is C10H13N3O5. The van der Waals surface area contributed by atoms with Gasteiger partial charge in [0.05, 0.1) is 19.3 Å². The Kier molecular flexibility index (Phi) is 3.05. The van der Waals surface area contributed by atoms with Crippen LogP contribution in [0.3, 0.4) is 0 Å². The first-order valence-corrected chi connectivity index (χ1v) is 5.37. The Morgan fingerprint density at radius 1 is 1.39 bits per heavy atom. The van der Waals surface area contributed by atoms with E-state index in [1.165, 1.54) is 28.6 Å². The van der Waals surface area contributed by atoms with Gasteiger partial charge in [0.1, 0.15) is 0 Å². The molecule has 2 rings (SSSR count). The summed E-state index contributed by atoms with van der Waals surface area (Å²) >= 11 is 0. The molecule has 1 aliphatic heterocycles. The van der Waals surface area contributed by atoms with Gasteiger partial charge in [0.15, 0.2) is 5.69 Å². The van der Waals surface area contributed by atoms with E-state index in [1.54, 1.807) is 0 Å². The number of hydrogen-bond donors (Lipinski definition) is 2. The lowest BCUT2D eigenvalue weighted by Gasteiger charge is -2.13. The van der Waals surface area contributed by atoms with E-state index in [-0.39, 0.29) is 24.6 Å². The van der Waals surface area contributed by atoms with Gasteiger partial charge in [-0.1, -0.05) is 0 Å². The summed E-state index contributed by atoms with van der Waals surface area (Å²) in [6.45, 7) is 0.0535. The predicted octanol–water partition coefficient (Wildman–Crippen LogP) is -0.889. The first kappa shape index (κ1) is 12.5. The standard InChI is InChI=1S/C10H13N3O5/c1-11-6(2-3-9(11)13(17)18)10(16)12-4-7(14)8(15)5-12/h2-3,7-8,14-15H,4-5H2,1H3/t7-,8+. The second-order valence-corrected chi connectivity index (χ2v) is 4.24. The van der Waals surface area contributed by atoms with Crippen molar-refractivity contribution in [1.82, 2.24) is 9.47 Å². The van der Waals surface area contributed by atoms with E-state index in [1.807, 2.05) is 0 Å². The lowest BCUT2D eigenvalue weighted by molar-refractivity contribution is -0.391. The Labute approximate surface area is 102 Å². The van der Waals surface area contributed by atoms with Crippen LogP contribution in [-0.4, -0.2) is 55.8 Å². The summed E-state index contributed by atoms with van der Waals surface area (Å²) < 4.78 is 1.18. The maximum atomic E-state index is 12.1. The first-order valence-electron chi connectivity index (χ1n) is 5.37. The van der Waals surface area contributed by atoms with Crippen molar-refractivity contribution in [2.75, 3.05) is 13.1 Å². The maximum absolute atomic E-state index is 12.1. The zero-order chi connectivity index (χ0) is 13.4. The number of aromatic nitrogens is 1. The number of likely N-dealkylation sites (tertiary alicyclic amines) is 1. The fourth-order valence-corrected chi connectivity index (χ4v) is 2.00. The van der Waals surface area contributed by atoms with Gasteiger partial charge in [-0.05, 0) is 11.0 Å². The van der Waals surface area contributed by atoms with Gasteiger partial charge in [-0.25, -0.2) is 4.57 Å². The highest BCUT2D eigenvalue weighted by Crippen LogP contribution is 2.19. The second kappa shape index (κ2) is 4.39.